The number of rotatable bonds is 5. The molecule has 2 aromatic carbocycles. The van der Waals surface area contributed by atoms with Gasteiger partial charge >= 0.3 is 6.18 Å². The van der Waals surface area contributed by atoms with Gasteiger partial charge in [-0.2, -0.15) is 18.3 Å². The van der Waals surface area contributed by atoms with Gasteiger partial charge in [-0.1, -0.05) is 30.2 Å². The van der Waals surface area contributed by atoms with Gasteiger partial charge in [0.25, 0.3) is 0 Å². The van der Waals surface area contributed by atoms with Crippen molar-refractivity contribution in [1.82, 2.24) is 21.0 Å². The second kappa shape index (κ2) is 6.84. The molecule has 0 radical (unpaired) electrons. The van der Waals surface area contributed by atoms with Gasteiger partial charge in [-0.15, -0.1) is 6.42 Å². The molecule has 1 aliphatic rings. The molecule has 4 N–H and O–H groups in total. The number of aromatic hydroxyl groups is 1. The number of hydrazine groups is 1. The van der Waals surface area contributed by atoms with Crippen LogP contribution in [-0.2, 0) is 5.66 Å². The Morgan fingerprint density at radius 3 is 2.41 bits per heavy atom. The zero-order valence-electron chi connectivity index (χ0n) is 14.8. The first-order chi connectivity index (χ1) is 13.8. The van der Waals surface area contributed by atoms with Crippen LogP contribution in [0.1, 0.15) is 5.56 Å². The number of phenolic OH excluding ortho intramolecular Hbond substituents is 1. The second-order valence-corrected chi connectivity index (χ2v) is 6.41. The number of phenols is 1. The molecule has 3 aromatic rings. The molecule has 6 nitrogen and oxygen atoms in total. The molecule has 9 heteroatoms. The Kier molecular flexibility index (Phi) is 4.45. The lowest BCUT2D eigenvalue weighted by Gasteiger charge is -2.16. The smallest absolute Gasteiger partial charge is 0.426 e. The number of hydrogen-bond acceptors (Lipinski definition) is 5. The summed E-state index contributed by atoms with van der Waals surface area (Å²) in [6.07, 6.45) is 0.682. The van der Waals surface area contributed by atoms with Gasteiger partial charge in [-0.25, -0.2) is 10.9 Å². The monoisotopic (exact) mass is 400 g/mol. The normalized spacial score (nSPS) is 15.0. The fraction of sp³-hybridized carbons (Fsp3) is 0.150. The minimum Gasteiger partial charge on any atom is -0.507 e. The third-order valence-electron chi connectivity index (χ3n) is 4.57. The van der Waals surface area contributed by atoms with Gasteiger partial charge in [-0.3, -0.25) is 5.10 Å². The molecule has 1 saturated heterocycles. The van der Waals surface area contributed by atoms with Gasteiger partial charge in [0.15, 0.2) is 0 Å². The van der Waals surface area contributed by atoms with Crippen molar-refractivity contribution in [2.45, 2.75) is 11.8 Å². The van der Waals surface area contributed by atoms with Gasteiger partial charge in [0.05, 0.1) is 11.4 Å². The van der Waals surface area contributed by atoms with Crippen LogP contribution in [0, 0.1) is 12.3 Å². The summed E-state index contributed by atoms with van der Waals surface area (Å²) >= 11 is 0. The number of terminal acetylenes is 1. The van der Waals surface area contributed by atoms with E-state index in [1.807, 2.05) is 0 Å². The van der Waals surface area contributed by atoms with E-state index in [1.165, 1.54) is 18.2 Å². The highest BCUT2D eigenvalue weighted by Crippen LogP contribution is 2.42. The zero-order chi connectivity index (χ0) is 20.6. The van der Waals surface area contributed by atoms with Gasteiger partial charge in [0.1, 0.15) is 18.1 Å². The quantitative estimate of drug-likeness (QED) is 0.389. The average Bonchev–Trinajstić information content (AvgIpc) is 3.39. The zero-order valence-corrected chi connectivity index (χ0v) is 14.8. The molecule has 0 aliphatic carbocycles. The van der Waals surface area contributed by atoms with Crippen molar-refractivity contribution in [3.05, 3.63) is 54.1 Å². The largest absolute Gasteiger partial charge is 0.507 e. The van der Waals surface area contributed by atoms with E-state index >= 15 is 0 Å². The first kappa shape index (κ1) is 18.9. The summed E-state index contributed by atoms with van der Waals surface area (Å²) in [5, 5.41) is 17.2. The summed E-state index contributed by atoms with van der Waals surface area (Å²) < 4.78 is 44.7. The molecule has 0 unspecified atom stereocenters. The molecule has 148 valence electrons. The van der Waals surface area contributed by atoms with Crippen LogP contribution < -0.4 is 15.6 Å². The van der Waals surface area contributed by atoms with Crippen LogP contribution in [0.5, 0.6) is 11.5 Å². The maximum Gasteiger partial charge on any atom is 0.426 e. The Morgan fingerprint density at radius 1 is 1.10 bits per heavy atom. The van der Waals surface area contributed by atoms with Crippen molar-refractivity contribution in [2.24, 2.45) is 0 Å². The van der Waals surface area contributed by atoms with Gasteiger partial charge in [0, 0.05) is 11.6 Å². The number of ether oxygens (including phenoxy) is 1. The molecule has 1 fully saturated rings. The number of nitrogens with zero attached hydrogens (tertiary/aromatic N) is 1. The second-order valence-electron chi connectivity index (χ2n) is 6.41. The van der Waals surface area contributed by atoms with E-state index in [2.05, 4.69) is 27.0 Å². The van der Waals surface area contributed by atoms with E-state index < -0.39 is 11.8 Å². The SMILES string of the molecule is C#CCOc1ccc(-c2cc(-c3ccc(C4(C(F)(F)F)NN4)cc3)[nH]n2)c(O)c1. The van der Waals surface area contributed by atoms with Crippen LogP contribution in [0.4, 0.5) is 13.2 Å². The molecule has 29 heavy (non-hydrogen) atoms. The van der Waals surface area contributed by atoms with Crippen LogP contribution in [0.2, 0.25) is 0 Å². The average molecular weight is 400 g/mol. The lowest BCUT2D eigenvalue weighted by atomic mass is 10.0. The molecule has 1 aromatic heterocycles. The van der Waals surface area contributed by atoms with Crippen LogP contribution in [0.3, 0.4) is 0 Å². The number of benzene rings is 2. The molecule has 0 spiro atoms. The van der Waals surface area contributed by atoms with E-state index in [0.717, 1.165) is 0 Å². The number of alkyl halides is 3. The highest BCUT2D eigenvalue weighted by Gasteiger charge is 2.65. The lowest BCUT2D eigenvalue weighted by Crippen LogP contribution is -2.34. The fourth-order valence-electron chi connectivity index (χ4n) is 2.96. The van der Waals surface area contributed by atoms with E-state index in [0.29, 0.717) is 28.3 Å². The van der Waals surface area contributed by atoms with Crippen molar-refractivity contribution >= 4 is 0 Å². The lowest BCUT2D eigenvalue weighted by molar-refractivity contribution is -0.165. The van der Waals surface area contributed by atoms with Crippen molar-refractivity contribution < 1.29 is 23.0 Å². The minimum absolute atomic E-state index is 0.0362. The fourth-order valence-corrected chi connectivity index (χ4v) is 2.96. The topological polar surface area (TPSA) is 102 Å². The minimum atomic E-state index is -4.46. The van der Waals surface area contributed by atoms with Crippen molar-refractivity contribution in [3.63, 3.8) is 0 Å². The van der Waals surface area contributed by atoms with Gasteiger partial charge < -0.3 is 9.84 Å². The maximum atomic E-state index is 13.1. The molecular formula is C20H15F3N4O2. The number of H-pyrrole nitrogens is 1. The number of aromatic nitrogens is 2. The third kappa shape index (κ3) is 3.40. The summed E-state index contributed by atoms with van der Waals surface area (Å²) in [6.45, 7) is 0.0853. The van der Waals surface area contributed by atoms with Crippen molar-refractivity contribution in [1.29, 1.82) is 0 Å². The predicted molar refractivity (Wildman–Crippen MR) is 99.5 cm³/mol. The van der Waals surface area contributed by atoms with Crippen LogP contribution in [0.25, 0.3) is 22.5 Å². The molecule has 1 aliphatic heterocycles. The Bertz CT molecular complexity index is 1080. The number of aromatic amines is 1. The summed E-state index contributed by atoms with van der Waals surface area (Å²) in [4.78, 5) is 0. The van der Waals surface area contributed by atoms with Crippen LogP contribution >= 0.6 is 0 Å². The molecule has 0 amide bonds. The van der Waals surface area contributed by atoms with E-state index in [9.17, 15) is 18.3 Å². The summed E-state index contributed by atoms with van der Waals surface area (Å²) in [7, 11) is 0. The Morgan fingerprint density at radius 2 is 1.83 bits per heavy atom. The van der Waals surface area contributed by atoms with Gasteiger partial charge in [0.2, 0.25) is 5.66 Å². The Balaban J connectivity index is 1.56. The first-order valence-electron chi connectivity index (χ1n) is 8.51. The van der Waals surface area contributed by atoms with Crippen LogP contribution in [0.15, 0.2) is 48.5 Å². The Hall–Kier alpha value is -3.48. The molecule has 0 atom stereocenters. The predicted octanol–water partition coefficient (Wildman–Crippen LogP) is 3.28. The number of hydrogen-bond donors (Lipinski definition) is 4. The van der Waals surface area contributed by atoms with E-state index in [1.54, 1.807) is 30.3 Å². The first-order valence-corrected chi connectivity index (χ1v) is 8.51. The third-order valence-corrected chi connectivity index (χ3v) is 4.57. The van der Waals surface area contributed by atoms with E-state index in [4.69, 9.17) is 11.2 Å². The van der Waals surface area contributed by atoms with Crippen LogP contribution in [-0.4, -0.2) is 28.1 Å². The Labute approximate surface area is 163 Å². The van der Waals surface area contributed by atoms with E-state index in [-0.39, 0.29) is 17.9 Å². The molecule has 0 bridgehead atoms. The van der Waals surface area contributed by atoms with Gasteiger partial charge in [-0.05, 0) is 29.3 Å². The summed E-state index contributed by atoms with van der Waals surface area (Å²) in [6, 6.07) is 12.3. The summed E-state index contributed by atoms with van der Waals surface area (Å²) in [5.74, 6) is 2.73. The number of nitrogens with one attached hydrogen (secondary N) is 3. The highest BCUT2D eigenvalue weighted by molar-refractivity contribution is 5.73. The van der Waals surface area contributed by atoms with Crippen molar-refractivity contribution in [3.8, 4) is 46.4 Å². The molecule has 2 heterocycles. The molecular weight excluding hydrogens is 385 g/mol. The summed E-state index contributed by atoms with van der Waals surface area (Å²) in [5.41, 5.74) is 4.40. The number of halogens is 3. The highest BCUT2D eigenvalue weighted by atomic mass is 19.4. The molecule has 4 rings (SSSR count). The van der Waals surface area contributed by atoms with Crippen molar-refractivity contribution in [2.75, 3.05) is 6.61 Å². The maximum absolute atomic E-state index is 13.1. The standard InChI is InChI=1S/C20H15F3N4O2/c1-2-9-29-14-7-8-15(18(28)10-14)17-11-16(24-25-17)12-3-5-13(6-4-12)19(26-27-19)20(21,22)23/h1,3-8,10-11,26-28H,9H2,(H,24,25). The molecule has 0 saturated carbocycles.